The van der Waals surface area contributed by atoms with Crippen molar-refractivity contribution in [3.8, 4) is 6.07 Å². The van der Waals surface area contributed by atoms with Crippen molar-refractivity contribution in [2.45, 2.75) is 82.6 Å². The third-order valence-corrected chi connectivity index (χ3v) is 5.41. The van der Waals surface area contributed by atoms with Crippen LogP contribution in [0.1, 0.15) is 64.0 Å². The van der Waals surface area contributed by atoms with Crippen LogP contribution >= 0.6 is 0 Å². The van der Waals surface area contributed by atoms with Crippen molar-refractivity contribution < 1.29 is 19.0 Å². The molecule has 0 spiro atoms. The Morgan fingerprint density at radius 3 is 2.56 bits per heavy atom. The average Bonchev–Trinajstić information content (AvgIpc) is 2.53. The van der Waals surface area contributed by atoms with Gasteiger partial charge in [-0.15, -0.1) is 0 Å². The highest BCUT2D eigenvalue weighted by molar-refractivity contribution is 5.69. The molecule has 0 aliphatic carbocycles. The SMILES string of the molecule is CC(C)(C)OC(=O)N1C2CCCC1CC(O)(Cc1ccc(F)cc1C#N)C2. The highest BCUT2D eigenvalue weighted by Crippen LogP contribution is 2.41. The number of benzene rings is 1. The first-order valence-electron chi connectivity index (χ1n) is 9.52. The van der Waals surface area contributed by atoms with Crippen molar-refractivity contribution >= 4 is 6.09 Å². The summed E-state index contributed by atoms with van der Waals surface area (Å²) >= 11 is 0. The number of carbonyl (C=O) groups is 1. The molecule has 146 valence electrons. The maximum Gasteiger partial charge on any atom is 0.410 e. The largest absolute Gasteiger partial charge is 0.444 e. The molecule has 0 aromatic heterocycles. The molecule has 2 aliphatic heterocycles. The number of ether oxygens (including phenoxy) is 1. The van der Waals surface area contributed by atoms with E-state index in [9.17, 15) is 19.6 Å². The number of fused-ring (bicyclic) bond motifs is 2. The van der Waals surface area contributed by atoms with Gasteiger partial charge in [0, 0.05) is 18.5 Å². The van der Waals surface area contributed by atoms with Crippen molar-refractivity contribution in [2.75, 3.05) is 0 Å². The molecule has 2 saturated heterocycles. The van der Waals surface area contributed by atoms with Gasteiger partial charge in [0.05, 0.1) is 17.2 Å². The van der Waals surface area contributed by atoms with Gasteiger partial charge >= 0.3 is 6.09 Å². The van der Waals surface area contributed by atoms with Crippen LogP contribution in [0.3, 0.4) is 0 Å². The molecule has 2 bridgehead atoms. The Morgan fingerprint density at radius 2 is 2.00 bits per heavy atom. The summed E-state index contributed by atoms with van der Waals surface area (Å²) in [4.78, 5) is 14.5. The number of piperidine rings is 2. The molecule has 1 N–H and O–H groups in total. The topological polar surface area (TPSA) is 73.6 Å². The van der Waals surface area contributed by atoms with E-state index in [1.165, 1.54) is 12.1 Å². The number of rotatable bonds is 2. The first-order valence-corrected chi connectivity index (χ1v) is 9.52. The summed E-state index contributed by atoms with van der Waals surface area (Å²) in [7, 11) is 0. The summed E-state index contributed by atoms with van der Waals surface area (Å²) in [6.07, 6.45) is 3.50. The standard InChI is InChI=1S/C21H27FN2O3/c1-20(2,3)27-19(25)24-17-5-4-6-18(24)12-21(26,11-17)10-14-7-8-16(22)9-15(14)13-23/h7-9,17-18,26H,4-6,10-12H2,1-3H3. The fourth-order valence-corrected chi connectivity index (χ4v) is 4.45. The average molecular weight is 374 g/mol. The quantitative estimate of drug-likeness (QED) is 0.851. The van der Waals surface area contributed by atoms with E-state index in [1.807, 2.05) is 26.8 Å². The summed E-state index contributed by atoms with van der Waals surface area (Å²) in [6.45, 7) is 5.54. The lowest BCUT2D eigenvalue weighted by Gasteiger charge is -2.51. The maximum absolute atomic E-state index is 13.4. The van der Waals surface area contributed by atoms with Gasteiger partial charge in [0.1, 0.15) is 11.4 Å². The van der Waals surface area contributed by atoms with Gasteiger partial charge in [0.2, 0.25) is 0 Å². The number of carbonyl (C=O) groups excluding carboxylic acids is 1. The zero-order chi connectivity index (χ0) is 19.8. The molecular formula is C21H27FN2O3. The van der Waals surface area contributed by atoms with E-state index in [0.29, 0.717) is 18.4 Å². The van der Waals surface area contributed by atoms with Gasteiger partial charge in [-0.2, -0.15) is 5.26 Å². The summed E-state index contributed by atoms with van der Waals surface area (Å²) in [6, 6.07) is 5.94. The Hall–Kier alpha value is -2.13. The first kappa shape index (κ1) is 19.6. The highest BCUT2D eigenvalue weighted by atomic mass is 19.1. The third kappa shape index (κ3) is 4.41. The Bertz CT molecular complexity index is 752. The minimum Gasteiger partial charge on any atom is -0.444 e. The third-order valence-electron chi connectivity index (χ3n) is 5.41. The molecule has 5 nitrogen and oxygen atoms in total. The molecule has 6 heteroatoms. The van der Waals surface area contributed by atoms with Gasteiger partial charge in [-0.05, 0) is 70.6 Å². The Balaban J connectivity index is 1.79. The van der Waals surface area contributed by atoms with Crippen molar-refractivity contribution in [1.29, 1.82) is 5.26 Å². The van der Waals surface area contributed by atoms with Crippen LogP contribution in [-0.2, 0) is 11.2 Å². The van der Waals surface area contributed by atoms with E-state index in [4.69, 9.17) is 4.74 Å². The second-order valence-electron chi connectivity index (χ2n) is 8.85. The summed E-state index contributed by atoms with van der Waals surface area (Å²) in [5.41, 5.74) is -0.680. The number of halogens is 1. The van der Waals surface area contributed by atoms with Crippen LogP contribution < -0.4 is 0 Å². The van der Waals surface area contributed by atoms with Crippen LogP contribution in [0.2, 0.25) is 0 Å². The predicted octanol–water partition coefficient (Wildman–Crippen LogP) is 3.92. The van der Waals surface area contributed by atoms with Crippen molar-refractivity contribution in [3.05, 3.63) is 35.1 Å². The second-order valence-corrected chi connectivity index (χ2v) is 8.85. The van der Waals surface area contributed by atoms with Crippen molar-refractivity contribution in [1.82, 2.24) is 4.90 Å². The van der Waals surface area contributed by atoms with Crippen molar-refractivity contribution in [2.24, 2.45) is 0 Å². The van der Waals surface area contributed by atoms with Crippen LogP contribution in [0, 0.1) is 17.1 Å². The fraction of sp³-hybridized carbons (Fsp3) is 0.619. The molecular weight excluding hydrogens is 347 g/mol. The molecule has 2 aliphatic rings. The molecule has 0 saturated carbocycles. The van der Waals surface area contributed by atoms with Gasteiger partial charge in [-0.25, -0.2) is 9.18 Å². The lowest BCUT2D eigenvalue weighted by molar-refractivity contribution is -0.0919. The minimum atomic E-state index is -1.02. The van der Waals surface area contributed by atoms with Crippen molar-refractivity contribution in [3.63, 3.8) is 0 Å². The zero-order valence-electron chi connectivity index (χ0n) is 16.2. The molecule has 1 aromatic rings. The summed E-state index contributed by atoms with van der Waals surface area (Å²) < 4.78 is 19.0. The zero-order valence-corrected chi connectivity index (χ0v) is 16.2. The van der Waals surface area contributed by atoms with Crippen LogP contribution in [0.5, 0.6) is 0 Å². The second kappa shape index (κ2) is 7.12. The normalized spacial score (nSPS) is 27.8. The number of nitrogens with zero attached hydrogens (tertiary/aromatic N) is 2. The first-order chi connectivity index (χ1) is 12.6. The van der Waals surface area contributed by atoms with Crippen LogP contribution in [0.4, 0.5) is 9.18 Å². The summed E-state index contributed by atoms with van der Waals surface area (Å²) in [5.74, 6) is -0.459. The molecule has 2 unspecified atom stereocenters. The maximum atomic E-state index is 13.4. The van der Waals surface area contributed by atoms with E-state index in [1.54, 1.807) is 11.0 Å². The number of nitriles is 1. The van der Waals surface area contributed by atoms with Gasteiger partial charge in [-0.1, -0.05) is 6.07 Å². The van der Waals surface area contributed by atoms with Gasteiger partial charge in [-0.3, -0.25) is 0 Å². The van der Waals surface area contributed by atoms with Gasteiger partial charge in [0.15, 0.2) is 0 Å². The molecule has 3 rings (SSSR count). The molecule has 2 fully saturated rings. The van der Waals surface area contributed by atoms with Crippen LogP contribution in [0.25, 0.3) is 0 Å². The molecule has 1 aromatic carbocycles. The molecule has 2 atom stereocenters. The molecule has 1 amide bonds. The van der Waals surface area contributed by atoms with Gasteiger partial charge < -0.3 is 14.7 Å². The smallest absolute Gasteiger partial charge is 0.410 e. The Morgan fingerprint density at radius 1 is 1.37 bits per heavy atom. The van der Waals surface area contributed by atoms with E-state index < -0.39 is 17.0 Å². The Kier molecular flexibility index (Phi) is 5.18. The number of aliphatic hydroxyl groups is 1. The van der Waals surface area contributed by atoms with E-state index in [0.717, 1.165) is 19.3 Å². The van der Waals surface area contributed by atoms with E-state index in [2.05, 4.69) is 0 Å². The molecule has 27 heavy (non-hydrogen) atoms. The fourth-order valence-electron chi connectivity index (χ4n) is 4.45. The number of amides is 1. The Labute approximate surface area is 159 Å². The lowest BCUT2D eigenvalue weighted by Crippen LogP contribution is -2.61. The monoisotopic (exact) mass is 374 g/mol. The van der Waals surface area contributed by atoms with E-state index >= 15 is 0 Å². The highest BCUT2D eigenvalue weighted by Gasteiger charge is 2.48. The van der Waals surface area contributed by atoms with E-state index in [-0.39, 0.29) is 30.2 Å². The minimum absolute atomic E-state index is 0.0802. The lowest BCUT2D eigenvalue weighted by atomic mass is 9.73. The molecule has 2 heterocycles. The number of hydrogen-bond acceptors (Lipinski definition) is 4. The van der Waals surface area contributed by atoms with Crippen LogP contribution in [0.15, 0.2) is 18.2 Å². The molecule has 0 radical (unpaired) electrons. The number of hydrogen-bond donors (Lipinski definition) is 1. The predicted molar refractivity (Wildman–Crippen MR) is 98.5 cm³/mol. The van der Waals surface area contributed by atoms with Crippen LogP contribution in [-0.4, -0.2) is 39.4 Å². The van der Waals surface area contributed by atoms with Gasteiger partial charge in [0.25, 0.3) is 0 Å². The summed E-state index contributed by atoms with van der Waals surface area (Å²) in [5, 5.41) is 20.5.